The molecular formula is C28H35N3O5. The molecule has 3 N–H and O–H groups in total. The number of carbonyl (C=O) groups excluding carboxylic acids is 3. The van der Waals surface area contributed by atoms with Crippen molar-refractivity contribution in [1.82, 2.24) is 10.2 Å². The molecule has 0 saturated heterocycles. The average molecular weight is 494 g/mol. The molecule has 2 atom stereocenters. The molecule has 2 aromatic carbocycles. The minimum absolute atomic E-state index is 0.177. The Morgan fingerprint density at radius 1 is 1.11 bits per heavy atom. The van der Waals surface area contributed by atoms with Crippen LogP contribution in [0.3, 0.4) is 0 Å². The highest BCUT2D eigenvalue weighted by atomic mass is 16.6. The van der Waals surface area contributed by atoms with E-state index in [2.05, 4.69) is 16.6 Å². The Balaban J connectivity index is 2.51. The highest BCUT2D eigenvalue weighted by Crippen LogP contribution is 2.28. The summed E-state index contributed by atoms with van der Waals surface area (Å²) in [6.07, 6.45) is 5.39. The number of para-hydroxylation sites is 1. The van der Waals surface area contributed by atoms with Crippen molar-refractivity contribution in [2.24, 2.45) is 0 Å². The molecule has 0 aliphatic heterocycles. The third-order valence-electron chi connectivity index (χ3n) is 5.29. The highest BCUT2D eigenvalue weighted by molar-refractivity contribution is 5.99. The Morgan fingerprint density at radius 2 is 1.75 bits per heavy atom. The minimum Gasteiger partial charge on any atom is -0.444 e. The smallest absolute Gasteiger partial charge is 0.408 e. The normalized spacial score (nSPS) is 12.6. The number of amides is 3. The molecule has 3 amide bonds. The Morgan fingerprint density at radius 3 is 2.33 bits per heavy atom. The van der Waals surface area contributed by atoms with E-state index in [1.54, 1.807) is 57.2 Å². The molecule has 8 heteroatoms. The minimum atomic E-state index is -1.32. The van der Waals surface area contributed by atoms with Crippen LogP contribution in [0.4, 0.5) is 10.5 Å². The van der Waals surface area contributed by atoms with Crippen molar-refractivity contribution in [3.05, 3.63) is 65.2 Å². The molecule has 0 heterocycles. The van der Waals surface area contributed by atoms with Crippen LogP contribution in [0, 0.1) is 19.3 Å². The second kappa shape index (κ2) is 12.8. The fraction of sp³-hybridized carbons (Fsp3) is 0.393. The van der Waals surface area contributed by atoms with Crippen molar-refractivity contribution in [2.45, 2.75) is 58.7 Å². The first-order valence-corrected chi connectivity index (χ1v) is 11.8. The van der Waals surface area contributed by atoms with Gasteiger partial charge in [0, 0.05) is 17.8 Å². The number of hydrogen-bond acceptors (Lipinski definition) is 5. The van der Waals surface area contributed by atoms with Crippen LogP contribution in [0.1, 0.15) is 56.8 Å². The van der Waals surface area contributed by atoms with Gasteiger partial charge in [-0.1, -0.05) is 49.2 Å². The summed E-state index contributed by atoms with van der Waals surface area (Å²) in [6, 6.07) is 11.7. The van der Waals surface area contributed by atoms with Gasteiger partial charge < -0.3 is 25.4 Å². The van der Waals surface area contributed by atoms with Gasteiger partial charge >= 0.3 is 6.09 Å². The summed E-state index contributed by atoms with van der Waals surface area (Å²) in [6.45, 7) is 8.29. The number of anilines is 1. The number of nitrogens with one attached hydrogen (secondary N) is 2. The van der Waals surface area contributed by atoms with E-state index in [4.69, 9.17) is 11.2 Å². The van der Waals surface area contributed by atoms with Gasteiger partial charge in [-0.2, -0.15) is 0 Å². The van der Waals surface area contributed by atoms with Gasteiger partial charge in [0.15, 0.2) is 0 Å². The predicted octanol–water partition coefficient (Wildman–Crippen LogP) is 3.78. The first kappa shape index (κ1) is 28.4. The van der Waals surface area contributed by atoms with Gasteiger partial charge in [-0.05, 0) is 57.4 Å². The van der Waals surface area contributed by atoms with Gasteiger partial charge in [0.2, 0.25) is 5.91 Å². The monoisotopic (exact) mass is 493 g/mol. The standard InChI is InChI=1S/C28H35N3O5/c1-7-17-31(26(34)23(18-32)30-27(35)36-28(4,5)6)24(21-15-11-10-14-20(21)8-2)25(33)29-22-16-12-9-13-19(22)3/h2,9-16,23-24,32H,7,17-18H2,1,3-6H3,(H,29,33)(H,30,35). The molecule has 0 aromatic heterocycles. The van der Waals surface area contributed by atoms with Crippen LogP contribution in [-0.2, 0) is 14.3 Å². The third kappa shape index (κ3) is 7.59. The van der Waals surface area contributed by atoms with Gasteiger partial charge in [-0.25, -0.2) is 4.79 Å². The zero-order chi connectivity index (χ0) is 26.9. The molecule has 2 unspecified atom stereocenters. The lowest BCUT2D eigenvalue weighted by molar-refractivity contribution is -0.141. The highest BCUT2D eigenvalue weighted by Gasteiger charge is 2.36. The van der Waals surface area contributed by atoms with Crippen molar-refractivity contribution < 1.29 is 24.2 Å². The summed E-state index contributed by atoms with van der Waals surface area (Å²) in [4.78, 5) is 41.1. The Bertz CT molecular complexity index is 1120. The van der Waals surface area contributed by atoms with Crippen molar-refractivity contribution >= 4 is 23.6 Å². The predicted molar refractivity (Wildman–Crippen MR) is 139 cm³/mol. The lowest BCUT2D eigenvalue weighted by Crippen LogP contribution is -2.54. The second-order valence-corrected chi connectivity index (χ2v) is 9.35. The van der Waals surface area contributed by atoms with Crippen molar-refractivity contribution in [2.75, 3.05) is 18.5 Å². The number of alkyl carbamates (subject to hydrolysis) is 1. The summed E-state index contributed by atoms with van der Waals surface area (Å²) in [7, 11) is 0. The Hall–Kier alpha value is -3.83. The Labute approximate surface area is 213 Å². The van der Waals surface area contributed by atoms with Gasteiger partial charge in [-0.3, -0.25) is 9.59 Å². The molecule has 0 bridgehead atoms. The van der Waals surface area contributed by atoms with Crippen LogP contribution in [-0.4, -0.2) is 52.7 Å². The zero-order valence-electron chi connectivity index (χ0n) is 21.5. The summed E-state index contributed by atoms with van der Waals surface area (Å²) >= 11 is 0. The van der Waals surface area contributed by atoms with E-state index in [9.17, 15) is 19.5 Å². The van der Waals surface area contributed by atoms with E-state index in [0.29, 0.717) is 23.2 Å². The zero-order valence-corrected chi connectivity index (χ0v) is 21.5. The number of aryl methyl sites for hydroxylation is 1. The van der Waals surface area contributed by atoms with Crippen LogP contribution in [0.25, 0.3) is 0 Å². The van der Waals surface area contributed by atoms with Gasteiger partial charge in [-0.15, -0.1) is 6.42 Å². The first-order valence-electron chi connectivity index (χ1n) is 11.8. The van der Waals surface area contributed by atoms with Gasteiger partial charge in [0.1, 0.15) is 17.7 Å². The molecule has 0 fully saturated rings. The van der Waals surface area contributed by atoms with Crippen LogP contribution in [0.5, 0.6) is 0 Å². The molecule has 8 nitrogen and oxygen atoms in total. The second-order valence-electron chi connectivity index (χ2n) is 9.35. The van der Waals surface area contributed by atoms with E-state index in [1.165, 1.54) is 4.90 Å². The summed E-state index contributed by atoms with van der Waals surface area (Å²) in [5.74, 6) is 1.48. The molecule has 0 aliphatic rings. The molecule has 0 saturated carbocycles. The number of hydrogen-bond donors (Lipinski definition) is 3. The van der Waals surface area contributed by atoms with Crippen molar-refractivity contribution in [3.63, 3.8) is 0 Å². The maximum Gasteiger partial charge on any atom is 0.408 e. The lowest BCUT2D eigenvalue weighted by Gasteiger charge is -2.34. The Kier molecular flexibility index (Phi) is 10.1. The maximum absolute atomic E-state index is 13.7. The molecule has 36 heavy (non-hydrogen) atoms. The third-order valence-corrected chi connectivity index (χ3v) is 5.29. The summed E-state index contributed by atoms with van der Waals surface area (Å²) in [5, 5.41) is 15.3. The van der Waals surface area contributed by atoms with E-state index in [0.717, 1.165) is 5.56 Å². The van der Waals surface area contributed by atoms with Gasteiger partial charge in [0.25, 0.3) is 5.91 Å². The SMILES string of the molecule is C#Cc1ccccc1C(C(=O)Nc1ccccc1C)N(CCC)C(=O)C(CO)NC(=O)OC(C)(C)C. The maximum atomic E-state index is 13.7. The quantitative estimate of drug-likeness (QED) is 0.461. The number of carbonyl (C=O) groups is 3. The number of rotatable bonds is 9. The molecule has 0 aliphatic carbocycles. The topological polar surface area (TPSA) is 108 Å². The molecule has 0 radical (unpaired) electrons. The van der Waals surface area contributed by atoms with E-state index < -0.39 is 42.2 Å². The fourth-order valence-electron chi connectivity index (χ4n) is 3.67. The van der Waals surface area contributed by atoms with Crippen LogP contribution < -0.4 is 10.6 Å². The van der Waals surface area contributed by atoms with Crippen molar-refractivity contribution in [3.8, 4) is 12.3 Å². The van der Waals surface area contributed by atoms with Crippen LogP contribution in [0.2, 0.25) is 0 Å². The summed E-state index contributed by atoms with van der Waals surface area (Å²) < 4.78 is 5.24. The van der Waals surface area contributed by atoms with E-state index in [-0.39, 0.29) is 6.54 Å². The number of aliphatic hydroxyl groups is 1. The van der Waals surface area contributed by atoms with E-state index in [1.807, 2.05) is 26.0 Å². The fourth-order valence-corrected chi connectivity index (χ4v) is 3.67. The van der Waals surface area contributed by atoms with Crippen LogP contribution in [0.15, 0.2) is 48.5 Å². The molecule has 2 aromatic rings. The molecular weight excluding hydrogens is 458 g/mol. The summed E-state index contributed by atoms with van der Waals surface area (Å²) in [5.41, 5.74) is 1.57. The van der Waals surface area contributed by atoms with Crippen LogP contribution >= 0.6 is 0 Å². The molecule has 2 rings (SSSR count). The van der Waals surface area contributed by atoms with Crippen molar-refractivity contribution in [1.29, 1.82) is 0 Å². The molecule has 0 spiro atoms. The molecule has 192 valence electrons. The van der Waals surface area contributed by atoms with E-state index >= 15 is 0 Å². The first-order chi connectivity index (χ1) is 17.0. The number of terminal acetylenes is 1. The number of benzene rings is 2. The largest absolute Gasteiger partial charge is 0.444 e. The average Bonchev–Trinajstić information content (AvgIpc) is 2.82. The lowest BCUT2D eigenvalue weighted by atomic mass is 9.97. The number of ether oxygens (including phenoxy) is 1. The number of aliphatic hydroxyl groups excluding tert-OH is 1. The van der Waals surface area contributed by atoms with Gasteiger partial charge in [0.05, 0.1) is 6.61 Å². The number of nitrogens with zero attached hydrogens (tertiary/aromatic N) is 1.